The lowest BCUT2D eigenvalue weighted by Gasteiger charge is -2.26. The summed E-state index contributed by atoms with van der Waals surface area (Å²) in [6.45, 7) is 2.03. The first kappa shape index (κ1) is 18.2. The van der Waals surface area contributed by atoms with Crippen molar-refractivity contribution in [2.24, 2.45) is 0 Å². The van der Waals surface area contributed by atoms with Crippen LogP contribution in [0.25, 0.3) is 0 Å². The first-order valence-electron chi connectivity index (χ1n) is 8.07. The highest BCUT2D eigenvalue weighted by Gasteiger charge is 2.23. The maximum Gasteiger partial charge on any atom is 0.324 e. The average Bonchev–Trinajstić information content (AvgIpc) is 2.56. The number of carbonyl (C=O) groups is 2. The Kier molecular flexibility index (Phi) is 6.95. The van der Waals surface area contributed by atoms with E-state index in [4.69, 9.17) is 9.84 Å². The van der Waals surface area contributed by atoms with Gasteiger partial charge in [-0.1, -0.05) is 6.07 Å². The fraction of sp³-hybridized carbons (Fsp3) is 0.562. The monoisotopic (exact) mass is 337 g/mol. The van der Waals surface area contributed by atoms with Crippen LogP contribution in [0.3, 0.4) is 0 Å². The second kappa shape index (κ2) is 9.19. The number of ether oxygens (including phenoxy) is 1. The summed E-state index contributed by atoms with van der Waals surface area (Å²) in [4.78, 5) is 36.8. The molecule has 3 amide bonds. The van der Waals surface area contributed by atoms with Gasteiger partial charge in [0.2, 0.25) is 5.91 Å². The van der Waals surface area contributed by atoms with Crippen LogP contribution >= 0.6 is 0 Å². The van der Waals surface area contributed by atoms with E-state index in [1.54, 1.807) is 22.9 Å². The molecular weight excluding hydrogens is 314 g/mol. The largest absolute Gasteiger partial charge is 0.396 e. The lowest BCUT2D eigenvalue weighted by molar-refractivity contribution is -0.121. The molecule has 24 heavy (non-hydrogen) atoms. The predicted molar refractivity (Wildman–Crippen MR) is 86.4 cm³/mol. The van der Waals surface area contributed by atoms with Crippen LogP contribution in [0.1, 0.15) is 24.8 Å². The number of rotatable bonds is 9. The van der Waals surface area contributed by atoms with Crippen molar-refractivity contribution >= 4 is 11.9 Å². The normalized spacial score (nSPS) is 14.8. The van der Waals surface area contributed by atoms with Gasteiger partial charge in [-0.2, -0.15) is 0 Å². The van der Waals surface area contributed by atoms with E-state index in [2.05, 4.69) is 5.32 Å². The third-order valence-electron chi connectivity index (χ3n) is 3.78. The van der Waals surface area contributed by atoms with Gasteiger partial charge in [-0.3, -0.25) is 14.9 Å². The molecule has 0 aromatic carbocycles. The number of aliphatic hydroxyl groups excluding tert-OH is 1. The number of nitrogens with one attached hydrogen (secondary N) is 1. The molecule has 0 bridgehead atoms. The lowest BCUT2D eigenvalue weighted by atomic mass is 10.2. The summed E-state index contributed by atoms with van der Waals surface area (Å²) < 4.78 is 6.98. The molecule has 0 saturated carbocycles. The Morgan fingerprint density at radius 2 is 2.04 bits per heavy atom. The van der Waals surface area contributed by atoms with E-state index in [1.807, 2.05) is 0 Å². The topological polar surface area (TPSA) is 101 Å². The summed E-state index contributed by atoms with van der Waals surface area (Å²) in [7, 11) is 0. The number of hydrogen-bond donors (Lipinski definition) is 2. The molecule has 8 heteroatoms. The Morgan fingerprint density at radius 1 is 1.21 bits per heavy atom. The summed E-state index contributed by atoms with van der Waals surface area (Å²) in [5, 5.41) is 10.9. The van der Waals surface area contributed by atoms with Crippen LogP contribution in [0.15, 0.2) is 23.1 Å². The van der Waals surface area contributed by atoms with Gasteiger partial charge in [0, 0.05) is 44.5 Å². The van der Waals surface area contributed by atoms with Crippen molar-refractivity contribution in [2.75, 3.05) is 26.4 Å². The molecule has 2 rings (SSSR count). The number of pyridine rings is 1. The maximum atomic E-state index is 12.4. The SMILES string of the molecule is O=C1CCN(Cc2cccn(CCOCCCCO)c2=O)C(=O)N1. The standard InChI is InChI=1S/C16H23N3O5/c20-9-1-2-10-24-11-8-18-6-3-4-13(15(18)22)12-19-7-5-14(21)17-16(19)23/h3-4,6,20H,1-2,5,7-12H2,(H,17,21,23). The number of unbranched alkanes of at least 4 members (excludes halogenated alkanes) is 1. The Hall–Kier alpha value is -2.19. The summed E-state index contributed by atoms with van der Waals surface area (Å²) in [6.07, 6.45) is 3.42. The molecule has 1 aromatic rings. The van der Waals surface area contributed by atoms with Gasteiger partial charge >= 0.3 is 6.03 Å². The highest BCUT2D eigenvalue weighted by molar-refractivity contribution is 5.96. The average molecular weight is 337 g/mol. The summed E-state index contributed by atoms with van der Waals surface area (Å²) in [5.41, 5.74) is 0.337. The van der Waals surface area contributed by atoms with E-state index in [1.165, 1.54) is 4.90 Å². The number of aliphatic hydroxyl groups is 1. The van der Waals surface area contributed by atoms with E-state index in [0.717, 1.165) is 6.42 Å². The van der Waals surface area contributed by atoms with E-state index in [-0.39, 0.29) is 31.0 Å². The lowest BCUT2D eigenvalue weighted by Crippen LogP contribution is -2.49. The van der Waals surface area contributed by atoms with Crippen molar-refractivity contribution in [3.63, 3.8) is 0 Å². The first-order valence-corrected chi connectivity index (χ1v) is 8.07. The molecule has 2 N–H and O–H groups in total. The van der Waals surface area contributed by atoms with Gasteiger partial charge in [-0.15, -0.1) is 0 Å². The van der Waals surface area contributed by atoms with Gasteiger partial charge in [0.25, 0.3) is 5.56 Å². The number of imide groups is 1. The van der Waals surface area contributed by atoms with E-state index in [0.29, 0.717) is 38.3 Å². The number of hydrogen-bond acceptors (Lipinski definition) is 5. The zero-order chi connectivity index (χ0) is 17.4. The third-order valence-corrected chi connectivity index (χ3v) is 3.78. The molecule has 1 saturated heterocycles. The van der Waals surface area contributed by atoms with Crippen LogP contribution < -0.4 is 10.9 Å². The van der Waals surface area contributed by atoms with E-state index < -0.39 is 6.03 Å². The van der Waals surface area contributed by atoms with Crippen LogP contribution in [-0.4, -0.2) is 52.9 Å². The van der Waals surface area contributed by atoms with Crippen molar-refractivity contribution in [1.82, 2.24) is 14.8 Å². The molecule has 1 aliphatic heterocycles. The Bertz CT molecular complexity index is 628. The molecule has 0 aliphatic carbocycles. The molecule has 1 fully saturated rings. The van der Waals surface area contributed by atoms with Crippen LogP contribution in [0.4, 0.5) is 4.79 Å². The second-order valence-electron chi connectivity index (χ2n) is 5.60. The molecule has 1 aromatic heterocycles. The Balaban J connectivity index is 1.89. The molecule has 0 spiro atoms. The molecule has 0 unspecified atom stereocenters. The number of amides is 3. The third kappa shape index (κ3) is 5.17. The van der Waals surface area contributed by atoms with E-state index in [9.17, 15) is 14.4 Å². The van der Waals surface area contributed by atoms with Gasteiger partial charge in [-0.05, 0) is 18.9 Å². The minimum absolute atomic E-state index is 0.153. The molecule has 0 radical (unpaired) electrons. The predicted octanol–water partition coefficient (Wildman–Crippen LogP) is 0.0793. The van der Waals surface area contributed by atoms with Crippen LogP contribution in [0.5, 0.6) is 0 Å². The number of aromatic nitrogens is 1. The fourth-order valence-electron chi connectivity index (χ4n) is 2.42. The molecule has 0 atom stereocenters. The maximum absolute atomic E-state index is 12.4. The van der Waals surface area contributed by atoms with Crippen LogP contribution in [-0.2, 0) is 22.6 Å². The van der Waals surface area contributed by atoms with Crippen molar-refractivity contribution in [1.29, 1.82) is 0 Å². The fourth-order valence-corrected chi connectivity index (χ4v) is 2.42. The molecular formula is C16H23N3O5. The second-order valence-corrected chi connectivity index (χ2v) is 5.60. The zero-order valence-corrected chi connectivity index (χ0v) is 13.6. The Labute approximate surface area is 140 Å². The summed E-state index contributed by atoms with van der Waals surface area (Å²) in [6, 6.07) is 2.98. The first-order chi connectivity index (χ1) is 11.6. The van der Waals surface area contributed by atoms with Crippen molar-refractivity contribution in [3.8, 4) is 0 Å². The number of nitrogens with zero attached hydrogens (tertiary/aromatic N) is 2. The zero-order valence-electron chi connectivity index (χ0n) is 13.6. The van der Waals surface area contributed by atoms with Crippen LogP contribution in [0.2, 0.25) is 0 Å². The van der Waals surface area contributed by atoms with Gasteiger partial charge in [0.05, 0.1) is 13.2 Å². The van der Waals surface area contributed by atoms with Gasteiger partial charge in [-0.25, -0.2) is 4.79 Å². The molecule has 132 valence electrons. The molecule has 1 aliphatic rings. The van der Waals surface area contributed by atoms with Crippen molar-refractivity contribution < 1.29 is 19.4 Å². The highest BCUT2D eigenvalue weighted by Crippen LogP contribution is 2.05. The van der Waals surface area contributed by atoms with E-state index >= 15 is 0 Å². The minimum Gasteiger partial charge on any atom is -0.396 e. The van der Waals surface area contributed by atoms with Gasteiger partial charge in [0.1, 0.15) is 0 Å². The summed E-state index contributed by atoms with van der Waals surface area (Å²) in [5.74, 6) is -0.292. The number of urea groups is 1. The summed E-state index contributed by atoms with van der Waals surface area (Å²) >= 11 is 0. The highest BCUT2D eigenvalue weighted by atomic mass is 16.5. The Morgan fingerprint density at radius 3 is 2.79 bits per heavy atom. The smallest absolute Gasteiger partial charge is 0.324 e. The van der Waals surface area contributed by atoms with Crippen molar-refractivity contribution in [2.45, 2.75) is 32.4 Å². The quantitative estimate of drug-likeness (QED) is 0.622. The van der Waals surface area contributed by atoms with Crippen molar-refractivity contribution in [3.05, 3.63) is 34.2 Å². The van der Waals surface area contributed by atoms with Crippen LogP contribution in [0, 0.1) is 0 Å². The minimum atomic E-state index is -0.465. The molecule has 2 heterocycles. The van der Waals surface area contributed by atoms with Gasteiger partial charge in [0.15, 0.2) is 0 Å². The van der Waals surface area contributed by atoms with Gasteiger partial charge < -0.3 is 19.3 Å². The molecule has 8 nitrogen and oxygen atoms in total. The number of carbonyl (C=O) groups excluding carboxylic acids is 2.